The van der Waals surface area contributed by atoms with Crippen LogP contribution in [0.15, 0.2) is 0 Å². The van der Waals surface area contributed by atoms with Gasteiger partial charge in [-0.1, -0.05) is 0 Å². The summed E-state index contributed by atoms with van der Waals surface area (Å²) < 4.78 is 7.89. The smallest absolute Gasteiger partial charge is 0.131 e. The Hall–Kier alpha value is -1.07. The molecule has 1 saturated carbocycles. The lowest BCUT2D eigenvalue weighted by molar-refractivity contribution is 0.0523. The molecule has 21 heavy (non-hydrogen) atoms. The maximum absolute atomic E-state index is 5.84. The van der Waals surface area contributed by atoms with Crippen molar-refractivity contribution in [2.75, 3.05) is 24.6 Å². The topological polar surface area (TPSA) is 42.3 Å². The first-order valence-corrected chi connectivity index (χ1v) is 8.31. The zero-order valence-electron chi connectivity index (χ0n) is 13.6. The number of ether oxygens (including phenoxy) is 1. The summed E-state index contributed by atoms with van der Waals surface area (Å²) in [5.74, 6) is 1.28. The molecule has 118 valence electrons. The molecule has 1 aromatic rings. The van der Waals surface area contributed by atoms with E-state index in [-0.39, 0.29) is 0 Å². The fourth-order valence-corrected chi connectivity index (χ4v) is 3.33. The first-order valence-electron chi connectivity index (χ1n) is 8.31. The Morgan fingerprint density at radius 3 is 2.86 bits per heavy atom. The largest absolute Gasteiger partial charge is 0.377 e. The number of hydrogen-bond donors (Lipinski definition) is 1. The van der Waals surface area contributed by atoms with Crippen molar-refractivity contribution in [2.45, 2.75) is 58.2 Å². The van der Waals surface area contributed by atoms with Gasteiger partial charge in [-0.2, -0.15) is 5.10 Å². The summed E-state index contributed by atoms with van der Waals surface area (Å²) in [6, 6.07) is 0.731. The molecule has 2 heterocycles. The molecule has 2 fully saturated rings. The molecular formula is C16H28N4O. The van der Waals surface area contributed by atoms with Crippen molar-refractivity contribution in [2.24, 2.45) is 7.05 Å². The number of hydrogen-bond acceptors (Lipinski definition) is 4. The van der Waals surface area contributed by atoms with Gasteiger partial charge in [0.25, 0.3) is 0 Å². The summed E-state index contributed by atoms with van der Waals surface area (Å²) in [5, 5.41) is 8.28. The predicted octanol–water partition coefficient (Wildman–Crippen LogP) is 1.99. The van der Waals surface area contributed by atoms with Gasteiger partial charge >= 0.3 is 0 Å². The third-order valence-corrected chi connectivity index (χ3v) is 4.54. The van der Waals surface area contributed by atoms with E-state index in [9.17, 15) is 0 Å². The molecule has 1 unspecified atom stereocenters. The van der Waals surface area contributed by atoms with Crippen LogP contribution in [0.3, 0.4) is 0 Å². The summed E-state index contributed by atoms with van der Waals surface area (Å²) in [5.41, 5.74) is 2.51. The van der Waals surface area contributed by atoms with Crippen molar-refractivity contribution in [1.29, 1.82) is 0 Å². The molecule has 1 aliphatic heterocycles. The fourth-order valence-electron chi connectivity index (χ4n) is 3.33. The Labute approximate surface area is 127 Å². The van der Waals surface area contributed by atoms with Gasteiger partial charge in [0.2, 0.25) is 0 Å². The van der Waals surface area contributed by atoms with Crippen molar-refractivity contribution in [3.8, 4) is 0 Å². The first kappa shape index (κ1) is 14.9. The molecule has 1 atom stereocenters. The highest BCUT2D eigenvalue weighted by Gasteiger charge is 2.27. The maximum Gasteiger partial charge on any atom is 0.131 e. The Morgan fingerprint density at radius 1 is 1.33 bits per heavy atom. The van der Waals surface area contributed by atoms with Crippen LogP contribution in [0.5, 0.6) is 0 Å². The number of rotatable bonds is 6. The van der Waals surface area contributed by atoms with Gasteiger partial charge in [0.05, 0.1) is 11.8 Å². The molecule has 0 aromatic carbocycles. The SMILES string of the molecule is CCOC1CCCN(c2c(CNC3CC3)c(C)nn2C)C1. The van der Waals surface area contributed by atoms with Crippen molar-refractivity contribution >= 4 is 5.82 Å². The standard InChI is InChI=1S/C16H28N4O/c1-4-21-14-6-5-9-20(11-14)16-15(10-17-13-7-8-13)12(2)18-19(16)3/h13-14,17H,4-11H2,1-3H3. The molecule has 2 aliphatic rings. The van der Waals surface area contributed by atoms with E-state index in [2.05, 4.69) is 36.2 Å². The maximum atomic E-state index is 5.84. The molecule has 0 bridgehead atoms. The molecule has 3 rings (SSSR count). The van der Waals surface area contributed by atoms with E-state index >= 15 is 0 Å². The van der Waals surface area contributed by atoms with E-state index in [1.165, 1.54) is 37.1 Å². The number of aryl methyl sites for hydroxylation is 2. The zero-order chi connectivity index (χ0) is 14.8. The van der Waals surface area contributed by atoms with Gasteiger partial charge in [-0.3, -0.25) is 4.68 Å². The second-order valence-electron chi connectivity index (χ2n) is 6.33. The quantitative estimate of drug-likeness (QED) is 0.870. The molecule has 1 aliphatic carbocycles. The van der Waals surface area contributed by atoms with Crippen LogP contribution in [-0.2, 0) is 18.3 Å². The Balaban J connectivity index is 1.75. The Morgan fingerprint density at radius 2 is 2.14 bits per heavy atom. The average molecular weight is 292 g/mol. The minimum Gasteiger partial charge on any atom is -0.377 e. The summed E-state index contributed by atoms with van der Waals surface area (Å²) >= 11 is 0. The molecule has 1 aromatic heterocycles. The van der Waals surface area contributed by atoms with Gasteiger partial charge in [-0.25, -0.2) is 0 Å². The van der Waals surface area contributed by atoms with E-state index in [4.69, 9.17) is 4.74 Å². The predicted molar refractivity (Wildman–Crippen MR) is 84.7 cm³/mol. The third kappa shape index (κ3) is 3.40. The highest BCUT2D eigenvalue weighted by molar-refractivity contribution is 5.50. The van der Waals surface area contributed by atoms with Crippen LogP contribution in [0.2, 0.25) is 0 Å². The van der Waals surface area contributed by atoms with Gasteiger partial charge in [-0.05, 0) is 39.5 Å². The normalized spacial score (nSPS) is 22.8. The first-order chi connectivity index (χ1) is 10.2. The Kier molecular flexibility index (Phi) is 4.50. The van der Waals surface area contributed by atoms with E-state index in [0.29, 0.717) is 6.10 Å². The van der Waals surface area contributed by atoms with Crippen LogP contribution in [-0.4, -0.2) is 41.6 Å². The van der Waals surface area contributed by atoms with Gasteiger partial charge in [-0.15, -0.1) is 0 Å². The molecule has 1 N–H and O–H groups in total. The summed E-state index contributed by atoms with van der Waals surface area (Å²) in [6.45, 7) is 8.05. The molecule has 5 nitrogen and oxygen atoms in total. The monoisotopic (exact) mass is 292 g/mol. The van der Waals surface area contributed by atoms with E-state index in [1.54, 1.807) is 0 Å². The molecule has 1 saturated heterocycles. The molecule has 5 heteroatoms. The van der Waals surface area contributed by atoms with Crippen LogP contribution >= 0.6 is 0 Å². The van der Waals surface area contributed by atoms with Crippen LogP contribution in [0.4, 0.5) is 5.82 Å². The van der Waals surface area contributed by atoms with Crippen LogP contribution in [0.1, 0.15) is 43.9 Å². The molecule has 0 radical (unpaired) electrons. The highest BCUT2D eigenvalue weighted by Crippen LogP contribution is 2.28. The fraction of sp³-hybridized carbons (Fsp3) is 0.812. The zero-order valence-corrected chi connectivity index (χ0v) is 13.6. The van der Waals surface area contributed by atoms with Crippen molar-refractivity contribution < 1.29 is 4.74 Å². The molecule has 0 amide bonds. The van der Waals surface area contributed by atoms with E-state index < -0.39 is 0 Å². The number of nitrogens with zero attached hydrogens (tertiary/aromatic N) is 3. The third-order valence-electron chi connectivity index (χ3n) is 4.54. The minimum atomic E-state index is 0.364. The second-order valence-corrected chi connectivity index (χ2v) is 6.33. The molecule has 0 spiro atoms. The van der Waals surface area contributed by atoms with Crippen molar-refractivity contribution in [3.63, 3.8) is 0 Å². The van der Waals surface area contributed by atoms with E-state index in [0.717, 1.165) is 38.0 Å². The van der Waals surface area contributed by atoms with Crippen molar-refractivity contribution in [3.05, 3.63) is 11.3 Å². The van der Waals surface area contributed by atoms with Gasteiger partial charge in [0.15, 0.2) is 0 Å². The van der Waals surface area contributed by atoms with Crippen LogP contribution < -0.4 is 10.2 Å². The number of piperidine rings is 1. The average Bonchev–Trinajstić information content (AvgIpc) is 3.23. The number of nitrogens with one attached hydrogen (secondary N) is 1. The minimum absolute atomic E-state index is 0.364. The lowest BCUT2D eigenvalue weighted by Crippen LogP contribution is -2.41. The highest BCUT2D eigenvalue weighted by atomic mass is 16.5. The van der Waals surface area contributed by atoms with Crippen molar-refractivity contribution in [1.82, 2.24) is 15.1 Å². The van der Waals surface area contributed by atoms with Gasteiger partial charge < -0.3 is 15.0 Å². The van der Waals surface area contributed by atoms with Gasteiger partial charge in [0.1, 0.15) is 5.82 Å². The molecular weight excluding hydrogens is 264 g/mol. The van der Waals surface area contributed by atoms with Gasteiger partial charge in [0, 0.05) is 44.9 Å². The van der Waals surface area contributed by atoms with Crippen LogP contribution in [0, 0.1) is 6.92 Å². The second kappa shape index (κ2) is 6.36. The lowest BCUT2D eigenvalue weighted by Gasteiger charge is -2.34. The van der Waals surface area contributed by atoms with Crippen LogP contribution in [0.25, 0.3) is 0 Å². The summed E-state index contributed by atoms with van der Waals surface area (Å²) in [4.78, 5) is 2.47. The number of aromatic nitrogens is 2. The lowest BCUT2D eigenvalue weighted by atomic mass is 10.1. The number of anilines is 1. The van der Waals surface area contributed by atoms with E-state index in [1.807, 2.05) is 4.68 Å². The summed E-state index contributed by atoms with van der Waals surface area (Å²) in [7, 11) is 2.06. The summed E-state index contributed by atoms with van der Waals surface area (Å²) in [6.07, 6.45) is 5.39. The Bertz CT molecular complexity index is 479.